The quantitative estimate of drug-likeness (QED) is 0.703. The summed E-state index contributed by atoms with van der Waals surface area (Å²) >= 11 is 5.72. The van der Waals surface area contributed by atoms with Gasteiger partial charge >= 0.3 is 0 Å². The molecule has 0 saturated carbocycles. The first-order chi connectivity index (χ1) is 6.78. The molecule has 2 rings (SSSR count). The van der Waals surface area contributed by atoms with E-state index in [0.717, 1.165) is 12.0 Å². The summed E-state index contributed by atoms with van der Waals surface area (Å²) in [6.07, 6.45) is 0.773. The van der Waals surface area contributed by atoms with Gasteiger partial charge in [-0.2, -0.15) is 0 Å². The van der Waals surface area contributed by atoms with Gasteiger partial charge in [-0.1, -0.05) is 18.2 Å². The highest BCUT2D eigenvalue weighted by atomic mass is 35.5. The van der Waals surface area contributed by atoms with Crippen LogP contribution in [-0.4, -0.2) is 19.1 Å². The van der Waals surface area contributed by atoms with Gasteiger partial charge in [0.2, 0.25) is 0 Å². The Morgan fingerprint density at radius 2 is 2.07 bits per heavy atom. The lowest BCUT2D eigenvalue weighted by atomic mass is 9.76. The van der Waals surface area contributed by atoms with Crippen molar-refractivity contribution in [2.24, 2.45) is 0 Å². The topological polar surface area (TPSA) is 9.23 Å². The molecule has 1 heterocycles. The van der Waals surface area contributed by atoms with E-state index in [1.54, 1.807) is 6.07 Å². The predicted octanol–water partition coefficient (Wildman–Crippen LogP) is 2.72. The van der Waals surface area contributed by atoms with E-state index < -0.39 is 0 Å². The Morgan fingerprint density at radius 3 is 2.57 bits per heavy atom. The Balaban J connectivity index is 2.32. The van der Waals surface area contributed by atoms with Gasteiger partial charge in [0.05, 0.1) is 13.2 Å². The van der Waals surface area contributed by atoms with Crippen molar-refractivity contribution in [3.63, 3.8) is 0 Å². The summed E-state index contributed by atoms with van der Waals surface area (Å²) in [4.78, 5) is 0. The second kappa shape index (κ2) is 3.87. The first-order valence-electron chi connectivity index (χ1n) is 4.67. The van der Waals surface area contributed by atoms with Crippen LogP contribution in [0.1, 0.15) is 12.0 Å². The Labute approximate surface area is 87.8 Å². The Kier molecular flexibility index (Phi) is 2.75. The molecule has 1 fully saturated rings. The molecule has 14 heavy (non-hydrogen) atoms. The fourth-order valence-electron chi connectivity index (χ4n) is 1.86. The van der Waals surface area contributed by atoms with Crippen molar-refractivity contribution in [3.05, 3.63) is 35.6 Å². The first kappa shape index (κ1) is 9.94. The minimum absolute atomic E-state index is 0.152. The minimum Gasteiger partial charge on any atom is -0.379 e. The molecule has 0 bridgehead atoms. The molecule has 1 nitrogen and oxygen atoms in total. The lowest BCUT2D eigenvalue weighted by Crippen LogP contribution is -2.47. The van der Waals surface area contributed by atoms with Crippen LogP contribution in [0.25, 0.3) is 0 Å². The van der Waals surface area contributed by atoms with E-state index in [-0.39, 0.29) is 11.2 Å². The summed E-state index contributed by atoms with van der Waals surface area (Å²) < 4.78 is 18.7. The highest BCUT2D eigenvalue weighted by Gasteiger charge is 2.41. The number of alkyl halides is 1. The Hall–Kier alpha value is -0.600. The van der Waals surface area contributed by atoms with Gasteiger partial charge in [0.1, 0.15) is 5.82 Å². The van der Waals surface area contributed by atoms with Crippen molar-refractivity contribution in [1.82, 2.24) is 0 Å². The smallest absolute Gasteiger partial charge is 0.127 e. The maximum absolute atomic E-state index is 13.5. The van der Waals surface area contributed by atoms with Gasteiger partial charge in [-0.25, -0.2) is 4.39 Å². The van der Waals surface area contributed by atoms with Gasteiger partial charge in [-0.05, 0) is 18.1 Å². The summed E-state index contributed by atoms with van der Waals surface area (Å²) in [5.74, 6) is 0.387. The van der Waals surface area contributed by atoms with E-state index >= 15 is 0 Å². The van der Waals surface area contributed by atoms with Crippen LogP contribution in [0.3, 0.4) is 0 Å². The van der Waals surface area contributed by atoms with Crippen LogP contribution >= 0.6 is 11.6 Å². The van der Waals surface area contributed by atoms with E-state index in [1.807, 2.05) is 12.1 Å². The molecule has 76 valence electrons. The maximum atomic E-state index is 13.5. The van der Waals surface area contributed by atoms with Crippen molar-refractivity contribution in [2.75, 3.05) is 19.1 Å². The predicted molar refractivity (Wildman–Crippen MR) is 54.2 cm³/mol. The van der Waals surface area contributed by atoms with Crippen LogP contribution < -0.4 is 0 Å². The number of hydrogen-bond acceptors (Lipinski definition) is 1. The second-order valence-corrected chi connectivity index (χ2v) is 4.07. The zero-order valence-electron chi connectivity index (χ0n) is 7.80. The zero-order valence-corrected chi connectivity index (χ0v) is 8.56. The molecule has 1 aliphatic rings. The third-order valence-corrected chi connectivity index (χ3v) is 2.96. The van der Waals surface area contributed by atoms with Crippen LogP contribution in [0.15, 0.2) is 24.3 Å². The molecule has 0 radical (unpaired) electrons. The number of ether oxygens (including phenoxy) is 1. The molecular formula is C11H12ClFO. The van der Waals surface area contributed by atoms with Crippen molar-refractivity contribution in [3.8, 4) is 0 Å². The normalized spacial score (nSPS) is 19.0. The van der Waals surface area contributed by atoms with Gasteiger partial charge in [0.25, 0.3) is 0 Å². The Morgan fingerprint density at radius 1 is 1.36 bits per heavy atom. The van der Waals surface area contributed by atoms with E-state index in [9.17, 15) is 4.39 Å². The largest absolute Gasteiger partial charge is 0.379 e. The summed E-state index contributed by atoms with van der Waals surface area (Å²) in [6.45, 7) is 1.17. The SMILES string of the molecule is Fc1ccccc1C1(CCCl)COC1. The van der Waals surface area contributed by atoms with Crippen molar-refractivity contribution >= 4 is 11.6 Å². The maximum Gasteiger partial charge on any atom is 0.127 e. The minimum atomic E-state index is -0.174. The van der Waals surface area contributed by atoms with Gasteiger partial charge in [-0.15, -0.1) is 11.6 Å². The zero-order chi connectivity index (χ0) is 10.0. The molecule has 0 aliphatic carbocycles. The van der Waals surface area contributed by atoms with Gasteiger partial charge in [-0.3, -0.25) is 0 Å². The lowest BCUT2D eigenvalue weighted by molar-refractivity contribution is -0.0631. The number of benzene rings is 1. The van der Waals surface area contributed by atoms with Crippen molar-refractivity contribution in [1.29, 1.82) is 0 Å². The fourth-order valence-corrected chi connectivity index (χ4v) is 2.22. The molecule has 0 spiro atoms. The molecule has 0 atom stereocenters. The summed E-state index contributed by atoms with van der Waals surface area (Å²) in [6, 6.07) is 6.87. The summed E-state index contributed by atoms with van der Waals surface area (Å²) in [7, 11) is 0. The average Bonchev–Trinajstić information content (AvgIpc) is 2.13. The van der Waals surface area contributed by atoms with E-state index in [1.165, 1.54) is 6.07 Å². The van der Waals surface area contributed by atoms with Crippen LogP contribution in [0.4, 0.5) is 4.39 Å². The molecule has 1 saturated heterocycles. The van der Waals surface area contributed by atoms with Crippen LogP contribution in [0.5, 0.6) is 0 Å². The van der Waals surface area contributed by atoms with E-state index in [2.05, 4.69) is 0 Å². The fraction of sp³-hybridized carbons (Fsp3) is 0.455. The third-order valence-electron chi connectivity index (χ3n) is 2.77. The highest BCUT2D eigenvalue weighted by molar-refractivity contribution is 6.17. The second-order valence-electron chi connectivity index (χ2n) is 3.69. The van der Waals surface area contributed by atoms with E-state index in [0.29, 0.717) is 19.1 Å². The monoisotopic (exact) mass is 214 g/mol. The summed E-state index contributed by atoms with van der Waals surface area (Å²) in [5.41, 5.74) is 0.569. The molecule has 0 unspecified atom stereocenters. The van der Waals surface area contributed by atoms with Crippen LogP contribution in [0.2, 0.25) is 0 Å². The molecule has 0 amide bonds. The molecule has 3 heteroatoms. The van der Waals surface area contributed by atoms with Crippen LogP contribution in [0, 0.1) is 5.82 Å². The summed E-state index contributed by atoms with van der Waals surface area (Å²) in [5, 5.41) is 0. The van der Waals surface area contributed by atoms with Crippen LogP contribution in [-0.2, 0) is 10.2 Å². The third kappa shape index (κ3) is 1.53. The number of hydrogen-bond donors (Lipinski definition) is 0. The van der Waals surface area contributed by atoms with Crippen molar-refractivity contribution in [2.45, 2.75) is 11.8 Å². The molecule has 1 aliphatic heterocycles. The lowest BCUT2D eigenvalue weighted by Gasteiger charge is -2.41. The average molecular weight is 215 g/mol. The van der Waals surface area contributed by atoms with Gasteiger partial charge < -0.3 is 4.74 Å². The highest BCUT2D eigenvalue weighted by Crippen LogP contribution is 2.37. The van der Waals surface area contributed by atoms with Gasteiger partial charge in [0, 0.05) is 11.3 Å². The molecule has 1 aromatic carbocycles. The Bertz CT molecular complexity index is 323. The van der Waals surface area contributed by atoms with E-state index in [4.69, 9.17) is 16.3 Å². The first-order valence-corrected chi connectivity index (χ1v) is 5.21. The number of rotatable bonds is 3. The number of halogens is 2. The molecule has 0 N–H and O–H groups in total. The molecular weight excluding hydrogens is 203 g/mol. The van der Waals surface area contributed by atoms with Crippen molar-refractivity contribution < 1.29 is 9.13 Å². The molecule has 0 aromatic heterocycles. The molecule has 1 aromatic rings. The van der Waals surface area contributed by atoms with Gasteiger partial charge in [0.15, 0.2) is 0 Å². The standard InChI is InChI=1S/C11H12ClFO/c12-6-5-11(7-14-8-11)9-3-1-2-4-10(9)13/h1-4H,5-8H2.